The van der Waals surface area contributed by atoms with Gasteiger partial charge in [0.1, 0.15) is 18.2 Å². The number of hydrogen-bond acceptors (Lipinski definition) is 4. The van der Waals surface area contributed by atoms with E-state index in [1.807, 2.05) is 13.8 Å². The van der Waals surface area contributed by atoms with Crippen LogP contribution in [-0.2, 0) is 14.3 Å². The maximum absolute atomic E-state index is 12.5. The molecule has 0 saturated carbocycles. The zero-order valence-corrected chi connectivity index (χ0v) is 18.0. The maximum Gasteiger partial charge on any atom is 0.325 e. The molecule has 1 aromatic rings. The van der Waals surface area contributed by atoms with Crippen molar-refractivity contribution in [3.63, 3.8) is 0 Å². The first-order valence-corrected chi connectivity index (χ1v) is 9.63. The van der Waals surface area contributed by atoms with Crippen LogP contribution in [0.15, 0.2) is 28.7 Å². The summed E-state index contributed by atoms with van der Waals surface area (Å²) in [5.41, 5.74) is -0.0199. The van der Waals surface area contributed by atoms with Crippen molar-refractivity contribution in [2.75, 3.05) is 11.9 Å². The number of amides is 3. The van der Waals surface area contributed by atoms with E-state index in [0.717, 1.165) is 4.47 Å². The Bertz CT molecular complexity index is 656. The van der Waals surface area contributed by atoms with Gasteiger partial charge in [0, 0.05) is 10.2 Å². The number of esters is 1. The summed E-state index contributed by atoms with van der Waals surface area (Å²) < 4.78 is 6.06. The molecule has 0 spiro atoms. The quantitative estimate of drug-likeness (QED) is 0.564. The Morgan fingerprint density at radius 1 is 1.15 bits per heavy atom. The molecule has 8 heteroatoms. The van der Waals surface area contributed by atoms with Crippen LogP contribution >= 0.6 is 15.9 Å². The zero-order chi connectivity index (χ0) is 20.6. The molecule has 1 rings (SSSR count). The summed E-state index contributed by atoms with van der Waals surface area (Å²) in [7, 11) is 0. The highest BCUT2D eigenvalue weighted by Gasteiger charge is 2.27. The molecule has 0 radical (unpaired) electrons. The second kappa shape index (κ2) is 10.3. The topological polar surface area (TPSA) is 96.5 Å². The van der Waals surface area contributed by atoms with Gasteiger partial charge in [-0.25, -0.2) is 4.79 Å². The highest BCUT2D eigenvalue weighted by Crippen LogP contribution is 2.14. The fourth-order valence-electron chi connectivity index (χ4n) is 2.19. The molecule has 1 aromatic carbocycles. The molecule has 0 saturated heterocycles. The summed E-state index contributed by atoms with van der Waals surface area (Å²) in [6.07, 6.45) is 0.684. The highest BCUT2D eigenvalue weighted by atomic mass is 79.9. The van der Waals surface area contributed by atoms with Crippen LogP contribution in [0.25, 0.3) is 0 Å². The van der Waals surface area contributed by atoms with Crippen LogP contribution in [-0.4, -0.2) is 36.1 Å². The predicted molar refractivity (Wildman–Crippen MR) is 108 cm³/mol. The second-order valence-electron chi connectivity index (χ2n) is 7.27. The minimum Gasteiger partial charge on any atom is -0.459 e. The lowest BCUT2D eigenvalue weighted by molar-refractivity contribution is -0.154. The summed E-state index contributed by atoms with van der Waals surface area (Å²) in [6, 6.07) is 5.82. The van der Waals surface area contributed by atoms with Crippen LogP contribution in [0.4, 0.5) is 10.5 Å². The number of nitrogens with one attached hydrogen (secondary N) is 3. The van der Waals surface area contributed by atoms with Gasteiger partial charge in [-0.15, -0.1) is 0 Å². The van der Waals surface area contributed by atoms with E-state index in [-0.39, 0.29) is 12.5 Å². The first-order chi connectivity index (χ1) is 12.5. The number of carbonyl (C=O) groups excluding carboxylic acids is 3. The van der Waals surface area contributed by atoms with Gasteiger partial charge in [0.2, 0.25) is 5.91 Å². The monoisotopic (exact) mass is 441 g/mol. The standard InChI is InChI=1S/C19H28BrN3O4/c1-6-12(2)16(17(25)21-11-15(24)27-19(3,4)5)23-18(26)22-14-9-7-13(20)8-10-14/h7-10,12,16H,6,11H2,1-5H3,(H,21,25)(H2,22,23,26)/t12-,16-/m1/s1. The Morgan fingerprint density at radius 3 is 2.26 bits per heavy atom. The van der Waals surface area contributed by atoms with E-state index >= 15 is 0 Å². The average Bonchev–Trinajstić information content (AvgIpc) is 2.57. The Kier molecular flexibility index (Phi) is 8.75. The number of hydrogen-bond donors (Lipinski definition) is 3. The lowest BCUT2D eigenvalue weighted by Crippen LogP contribution is -2.52. The average molecular weight is 442 g/mol. The van der Waals surface area contributed by atoms with Gasteiger partial charge in [0.25, 0.3) is 0 Å². The van der Waals surface area contributed by atoms with E-state index in [1.165, 1.54) is 0 Å². The molecule has 3 N–H and O–H groups in total. The molecule has 3 amide bonds. The summed E-state index contributed by atoms with van der Waals surface area (Å²) in [5.74, 6) is -1.07. The third-order valence-corrected chi connectivity index (χ3v) is 4.24. The number of anilines is 1. The van der Waals surface area contributed by atoms with Crippen LogP contribution in [0, 0.1) is 5.92 Å². The van der Waals surface area contributed by atoms with Crippen molar-refractivity contribution in [3.05, 3.63) is 28.7 Å². The van der Waals surface area contributed by atoms with Gasteiger partial charge in [0.15, 0.2) is 0 Å². The number of rotatable bonds is 7. The molecule has 0 aliphatic heterocycles. The lowest BCUT2D eigenvalue weighted by Gasteiger charge is -2.24. The zero-order valence-electron chi connectivity index (χ0n) is 16.4. The van der Waals surface area contributed by atoms with Crippen LogP contribution in [0.1, 0.15) is 41.0 Å². The van der Waals surface area contributed by atoms with E-state index in [2.05, 4.69) is 31.9 Å². The van der Waals surface area contributed by atoms with Crippen molar-refractivity contribution in [1.82, 2.24) is 10.6 Å². The molecule has 0 fully saturated rings. The van der Waals surface area contributed by atoms with Crippen molar-refractivity contribution >= 4 is 39.5 Å². The number of benzene rings is 1. The van der Waals surface area contributed by atoms with Crippen molar-refractivity contribution in [1.29, 1.82) is 0 Å². The molecule has 0 heterocycles. The molecule has 0 aromatic heterocycles. The molecule has 0 aliphatic rings. The van der Waals surface area contributed by atoms with E-state index < -0.39 is 29.6 Å². The second-order valence-corrected chi connectivity index (χ2v) is 8.19. The lowest BCUT2D eigenvalue weighted by atomic mass is 9.98. The molecule has 0 unspecified atom stereocenters. The van der Waals surface area contributed by atoms with Gasteiger partial charge in [-0.05, 0) is 51.0 Å². The number of halogens is 1. The molecule has 150 valence electrons. The van der Waals surface area contributed by atoms with Gasteiger partial charge in [-0.3, -0.25) is 9.59 Å². The van der Waals surface area contributed by atoms with E-state index in [1.54, 1.807) is 45.0 Å². The molecular formula is C19H28BrN3O4. The van der Waals surface area contributed by atoms with Gasteiger partial charge in [-0.2, -0.15) is 0 Å². The number of ether oxygens (including phenoxy) is 1. The van der Waals surface area contributed by atoms with Crippen LogP contribution in [0.3, 0.4) is 0 Å². The summed E-state index contributed by atoms with van der Waals surface area (Å²) in [5, 5.41) is 7.90. The third kappa shape index (κ3) is 8.90. The van der Waals surface area contributed by atoms with E-state index in [0.29, 0.717) is 12.1 Å². The van der Waals surface area contributed by atoms with Gasteiger partial charge < -0.3 is 20.7 Å². The first kappa shape index (κ1) is 23.0. The van der Waals surface area contributed by atoms with Gasteiger partial charge in [-0.1, -0.05) is 36.2 Å². The van der Waals surface area contributed by atoms with Crippen molar-refractivity contribution in [3.8, 4) is 0 Å². The van der Waals surface area contributed by atoms with Crippen molar-refractivity contribution < 1.29 is 19.1 Å². The van der Waals surface area contributed by atoms with Gasteiger partial charge >= 0.3 is 12.0 Å². The van der Waals surface area contributed by atoms with Crippen LogP contribution < -0.4 is 16.0 Å². The predicted octanol–water partition coefficient (Wildman–Crippen LogP) is 3.44. The SMILES string of the molecule is CC[C@@H](C)[C@@H](NC(=O)Nc1ccc(Br)cc1)C(=O)NCC(=O)OC(C)(C)C. The Hall–Kier alpha value is -2.09. The van der Waals surface area contributed by atoms with Crippen LogP contribution in [0.5, 0.6) is 0 Å². The largest absolute Gasteiger partial charge is 0.459 e. The minimum atomic E-state index is -0.770. The summed E-state index contributed by atoms with van der Waals surface area (Å²) in [6.45, 7) is 8.79. The summed E-state index contributed by atoms with van der Waals surface area (Å²) >= 11 is 3.33. The molecule has 0 bridgehead atoms. The first-order valence-electron chi connectivity index (χ1n) is 8.84. The fraction of sp³-hybridized carbons (Fsp3) is 0.526. The minimum absolute atomic E-state index is 0.112. The Labute approximate surface area is 168 Å². The van der Waals surface area contributed by atoms with Crippen molar-refractivity contribution in [2.24, 2.45) is 5.92 Å². The molecule has 27 heavy (non-hydrogen) atoms. The molecule has 2 atom stereocenters. The fourth-order valence-corrected chi connectivity index (χ4v) is 2.45. The normalized spacial score (nSPS) is 13.3. The van der Waals surface area contributed by atoms with Gasteiger partial charge in [0.05, 0.1) is 0 Å². The smallest absolute Gasteiger partial charge is 0.325 e. The Balaban J connectivity index is 2.65. The Morgan fingerprint density at radius 2 is 1.74 bits per heavy atom. The van der Waals surface area contributed by atoms with Crippen molar-refractivity contribution in [2.45, 2.75) is 52.7 Å². The number of carbonyl (C=O) groups is 3. The van der Waals surface area contributed by atoms with E-state index in [4.69, 9.17) is 4.74 Å². The van der Waals surface area contributed by atoms with Crippen LogP contribution in [0.2, 0.25) is 0 Å². The molecule has 0 aliphatic carbocycles. The summed E-state index contributed by atoms with van der Waals surface area (Å²) in [4.78, 5) is 36.5. The number of urea groups is 1. The molecule has 7 nitrogen and oxygen atoms in total. The third-order valence-electron chi connectivity index (χ3n) is 3.71. The van der Waals surface area contributed by atoms with E-state index in [9.17, 15) is 14.4 Å². The molecular weight excluding hydrogens is 414 g/mol. The highest BCUT2D eigenvalue weighted by molar-refractivity contribution is 9.10. The maximum atomic E-state index is 12.5.